The van der Waals surface area contributed by atoms with Crippen LogP contribution in [0.4, 0.5) is 0 Å². The molecular weight excluding hydrogens is 999 g/mol. The molecule has 0 aliphatic rings. The van der Waals surface area contributed by atoms with E-state index in [4.69, 9.17) is 17.0 Å². The molecule has 8 heteroatoms. The fourth-order valence-electron chi connectivity index (χ4n) is 8.42. The number of hydrogen-bond acceptors (Lipinski definition) is 0. The number of hydrogen-bond donors (Lipinski definition) is 0. The molecule has 0 atom stereocenters. The van der Waals surface area contributed by atoms with E-state index in [0.717, 1.165) is 9.52 Å². The van der Waals surface area contributed by atoms with Gasteiger partial charge in [0.2, 0.25) is 0 Å². The summed E-state index contributed by atoms with van der Waals surface area (Å²) >= 11 is -0.826. The van der Waals surface area contributed by atoms with Gasteiger partial charge in [0, 0.05) is 9.52 Å². The molecule has 0 amide bonds. The molecule has 0 spiro atoms. The van der Waals surface area contributed by atoms with Crippen molar-refractivity contribution in [3.63, 3.8) is 0 Å². The third-order valence-corrected chi connectivity index (χ3v) is 20.8. The molecule has 0 saturated heterocycles. The molecule has 0 N–H and O–H groups in total. The summed E-state index contributed by atoms with van der Waals surface area (Å²) in [5, 5.41) is 12.0. The molecule has 6 rings (SSSR count). The normalized spacial score (nSPS) is 12.7. The number of halogens is 2. The number of fused-ring (bicyclic) bond motifs is 2. The van der Waals surface area contributed by atoms with E-state index in [9.17, 15) is 0 Å². The van der Waals surface area contributed by atoms with Crippen molar-refractivity contribution in [3.05, 3.63) is 107 Å². The molecule has 0 fully saturated rings. The van der Waals surface area contributed by atoms with Gasteiger partial charge in [-0.2, -0.15) is 12.1 Å². The Morgan fingerprint density at radius 1 is 0.455 bits per heavy atom. The zero-order valence-corrected chi connectivity index (χ0v) is 55.0. The van der Waals surface area contributed by atoms with Crippen LogP contribution in [0.2, 0.25) is 91.7 Å². The quantitative estimate of drug-likeness (QED) is 0.105. The topological polar surface area (TPSA) is 0 Å². The molecule has 6 aromatic rings. The van der Waals surface area contributed by atoms with Gasteiger partial charge in [-0.25, -0.2) is 0 Å². The molecule has 0 saturated carbocycles. The summed E-state index contributed by atoms with van der Waals surface area (Å²) in [6, 6.07) is 34.4. The van der Waals surface area contributed by atoms with Crippen LogP contribution in [0.25, 0.3) is 43.8 Å². The summed E-state index contributed by atoms with van der Waals surface area (Å²) in [6.07, 6.45) is 0. The van der Waals surface area contributed by atoms with E-state index in [0.29, 0.717) is 11.8 Å². The second kappa shape index (κ2) is 22.8. The van der Waals surface area contributed by atoms with Crippen molar-refractivity contribution in [2.45, 2.75) is 184 Å². The van der Waals surface area contributed by atoms with Crippen molar-refractivity contribution in [1.29, 1.82) is 0 Å². The molecular formula is C58H88Cl2Si5Zr. The van der Waals surface area contributed by atoms with Crippen LogP contribution in [-0.2, 0) is 31.7 Å². The third kappa shape index (κ3) is 15.3. The Balaban J connectivity index is 0.000000313. The predicted molar refractivity (Wildman–Crippen MR) is 317 cm³/mol. The van der Waals surface area contributed by atoms with Crippen LogP contribution in [0.5, 0.6) is 0 Å². The van der Waals surface area contributed by atoms with Crippen LogP contribution in [0.3, 0.4) is 0 Å². The average molecular weight is 1090 g/mol. The molecule has 0 unspecified atom stereocenters. The second-order valence-corrected chi connectivity index (χ2v) is 50.6. The van der Waals surface area contributed by atoms with E-state index in [1.54, 1.807) is 20.7 Å². The minimum atomic E-state index is -1.43. The molecule has 0 aromatic heterocycles. The first-order valence-corrected chi connectivity index (χ1v) is 46.7. The summed E-state index contributed by atoms with van der Waals surface area (Å²) in [4.78, 5) is 0. The standard InChI is InChI=1S/2C28H41Si2.C2H6Si.2ClH.Zr/c2*1-19(2)21-14-20-12-13-26(28(3,4)5)27(25(20)17-21)22-15-23(29(6,7)8)18-24(16-22)30(9,10)11;1-3-2;;;/h2*12-19H,1-11H3;1-2H3;2*1H;/q2*-1;;;;+4/p-2. The second-order valence-electron chi connectivity index (χ2n) is 25.5. The summed E-state index contributed by atoms with van der Waals surface area (Å²) < 4.78 is 0. The molecule has 0 aliphatic heterocycles. The summed E-state index contributed by atoms with van der Waals surface area (Å²) in [7, 11) is 5.24. The van der Waals surface area contributed by atoms with Gasteiger partial charge in [0.05, 0.1) is 32.3 Å². The first-order valence-electron chi connectivity index (χ1n) is 24.4. The summed E-state index contributed by atoms with van der Waals surface area (Å²) in [5.41, 5.74) is 11.8. The average Bonchev–Trinajstić information content (AvgIpc) is 3.81. The fourth-order valence-corrected chi connectivity index (χ4v) is 13.4. The van der Waals surface area contributed by atoms with Gasteiger partial charge in [-0.3, -0.25) is 0 Å². The molecule has 0 heterocycles. The first-order chi connectivity index (χ1) is 30.0. The Morgan fingerprint density at radius 3 is 0.894 bits per heavy atom. The van der Waals surface area contributed by atoms with E-state index in [1.807, 2.05) is 0 Å². The SMILES string of the molecule is CC(C)c1cc2c(-c3cc([Si](C)(C)C)cc([Si](C)(C)C)c3)c(C(C)(C)C)ccc2[cH-]1.CC(C)c1cc2c(-c3cc([Si](C)(C)C)cc([Si](C)(C)C)c3)c(C(C)(C)C)ccc2[cH-]1.C[Si]C.[Cl][Zr+2][Cl]. The van der Waals surface area contributed by atoms with Crippen LogP contribution in [0.15, 0.2) is 84.9 Å². The maximum atomic E-state index is 4.93. The Hall–Kier alpha value is -1.35. The van der Waals surface area contributed by atoms with E-state index in [2.05, 4.69) is 246 Å². The van der Waals surface area contributed by atoms with Gasteiger partial charge in [0.1, 0.15) is 0 Å². The van der Waals surface area contributed by atoms with E-state index < -0.39 is 53.1 Å². The third-order valence-electron chi connectivity index (χ3n) is 12.7. The van der Waals surface area contributed by atoms with E-state index >= 15 is 0 Å². The molecule has 66 heavy (non-hydrogen) atoms. The minimum absolute atomic E-state index is 0.104. The van der Waals surface area contributed by atoms with Crippen molar-refractivity contribution >= 4 is 101 Å². The molecule has 0 nitrogen and oxygen atoms in total. The van der Waals surface area contributed by atoms with Gasteiger partial charge in [0.15, 0.2) is 0 Å². The predicted octanol–water partition coefficient (Wildman–Crippen LogP) is 17.6. The molecule has 2 radical (unpaired) electrons. The van der Waals surface area contributed by atoms with Gasteiger partial charge in [-0.1, -0.05) is 240 Å². The van der Waals surface area contributed by atoms with Crippen LogP contribution in [0, 0.1) is 0 Å². The zero-order chi connectivity index (χ0) is 50.7. The number of benzene rings is 4. The Morgan fingerprint density at radius 2 is 0.697 bits per heavy atom. The molecule has 0 bridgehead atoms. The first kappa shape index (κ1) is 59.0. The Kier molecular flexibility index (Phi) is 20.4. The van der Waals surface area contributed by atoms with Gasteiger partial charge < -0.3 is 0 Å². The van der Waals surface area contributed by atoms with Gasteiger partial charge >= 0.3 is 37.9 Å². The Labute approximate surface area is 431 Å². The molecule has 358 valence electrons. The van der Waals surface area contributed by atoms with Crippen molar-refractivity contribution in [2.75, 3.05) is 0 Å². The van der Waals surface area contributed by atoms with E-state index in [-0.39, 0.29) is 10.8 Å². The monoisotopic (exact) mass is 1080 g/mol. The van der Waals surface area contributed by atoms with E-state index in [1.165, 1.54) is 66.1 Å². The van der Waals surface area contributed by atoms with Crippen LogP contribution in [0.1, 0.15) is 103 Å². The van der Waals surface area contributed by atoms with Crippen LogP contribution >= 0.6 is 17.0 Å². The summed E-state index contributed by atoms with van der Waals surface area (Å²) in [6.45, 7) is 57.3. The maximum absolute atomic E-state index is 4.93. The van der Waals surface area contributed by atoms with Crippen LogP contribution < -0.4 is 20.7 Å². The molecule has 0 aliphatic carbocycles. The van der Waals surface area contributed by atoms with Crippen molar-refractivity contribution in [3.8, 4) is 22.3 Å². The molecule has 6 aromatic carbocycles. The van der Waals surface area contributed by atoms with Gasteiger partial charge in [-0.15, -0.1) is 69.1 Å². The van der Waals surface area contributed by atoms with Gasteiger partial charge in [-0.05, 0) is 33.8 Å². The van der Waals surface area contributed by atoms with Crippen LogP contribution in [-0.4, -0.2) is 41.8 Å². The van der Waals surface area contributed by atoms with Crippen molar-refractivity contribution in [1.82, 2.24) is 0 Å². The number of rotatable bonds is 8. The summed E-state index contributed by atoms with van der Waals surface area (Å²) in [5.74, 6) is 1.10. The Bertz CT molecular complexity index is 2290. The van der Waals surface area contributed by atoms with Crippen molar-refractivity contribution in [2.24, 2.45) is 0 Å². The fraction of sp³-hybridized carbons (Fsp3) is 0.483. The van der Waals surface area contributed by atoms with Gasteiger partial charge in [0.25, 0.3) is 0 Å². The zero-order valence-electron chi connectivity index (χ0n) is 46.0. The van der Waals surface area contributed by atoms with Crippen molar-refractivity contribution < 1.29 is 20.8 Å².